The van der Waals surface area contributed by atoms with Gasteiger partial charge in [-0.1, -0.05) is 46.1 Å². The van der Waals surface area contributed by atoms with Gasteiger partial charge in [-0.15, -0.1) is 6.58 Å². The van der Waals surface area contributed by atoms with Crippen LogP contribution < -0.4 is 0 Å². The van der Waals surface area contributed by atoms with Crippen molar-refractivity contribution in [3.05, 3.63) is 12.7 Å². The Bertz CT molecular complexity index is 211. The van der Waals surface area contributed by atoms with Gasteiger partial charge in [-0.2, -0.15) is 0 Å². The molecule has 4 heteroatoms. The van der Waals surface area contributed by atoms with Crippen LogP contribution in [0.3, 0.4) is 0 Å². The highest BCUT2D eigenvalue weighted by molar-refractivity contribution is 6.59. The van der Waals surface area contributed by atoms with Crippen LogP contribution in [0.15, 0.2) is 12.7 Å². The van der Waals surface area contributed by atoms with E-state index in [1.807, 2.05) is 12.6 Å². The summed E-state index contributed by atoms with van der Waals surface area (Å²) in [6, 6.07) is 0. The zero-order valence-corrected chi connectivity index (χ0v) is 14.2. The minimum atomic E-state index is -2.52. The maximum atomic E-state index is 6.10. The quantitative estimate of drug-likeness (QED) is 0.282. The van der Waals surface area contributed by atoms with Crippen LogP contribution in [0.4, 0.5) is 0 Å². The molecule has 3 nitrogen and oxygen atoms in total. The molecule has 0 aliphatic carbocycles. The van der Waals surface area contributed by atoms with Gasteiger partial charge in [0.05, 0.1) is 6.10 Å². The monoisotopic (exact) mass is 288 g/mol. The van der Waals surface area contributed by atoms with Crippen molar-refractivity contribution >= 4 is 8.80 Å². The summed E-state index contributed by atoms with van der Waals surface area (Å²) >= 11 is 0. The molecule has 0 bridgehead atoms. The predicted molar refractivity (Wildman–Crippen MR) is 83.3 cm³/mol. The molecule has 0 amide bonds. The van der Waals surface area contributed by atoms with E-state index >= 15 is 0 Å². The molecule has 0 aliphatic heterocycles. The standard InChI is InChI=1S/C15H32O3Si/c1-6-10-13-16-19(5,17-14-11-7-2)18-15(9-4)12-8-3/h9,15H,4,6-8,10-14H2,1-3,5H3. The molecular weight excluding hydrogens is 256 g/mol. The fourth-order valence-electron chi connectivity index (χ4n) is 1.70. The van der Waals surface area contributed by atoms with Crippen LogP contribution >= 0.6 is 0 Å². The van der Waals surface area contributed by atoms with Gasteiger partial charge in [-0.3, -0.25) is 0 Å². The van der Waals surface area contributed by atoms with E-state index in [1.54, 1.807) is 0 Å². The Hall–Kier alpha value is -0.163. The zero-order valence-electron chi connectivity index (χ0n) is 13.2. The summed E-state index contributed by atoms with van der Waals surface area (Å²) in [6.07, 6.45) is 8.31. The molecule has 1 atom stereocenters. The molecule has 0 aromatic carbocycles. The summed E-state index contributed by atoms with van der Waals surface area (Å²) in [6.45, 7) is 13.8. The van der Waals surface area contributed by atoms with E-state index in [9.17, 15) is 0 Å². The zero-order chi connectivity index (χ0) is 14.6. The highest BCUT2D eigenvalue weighted by Gasteiger charge is 2.36. The first kappa shape index (κ1) is 18.8. The van der Waals surface area contributed by atoms with Crippen LogP contribution in [0.25, 0.3) is 0 Å². The molecule has 0 radical (unpaired) electrons. The number of hydrogen-bond donors (Lipinski definition) is 0. The molecule has 1 unspecified atom stereocenters. The fourth-order valence-corrected chi connectivity index (χ4v) is 3.71. The maximum Gasteiger partial charge on any atom is 0.498 e. The van der Waals surface area contributed by atoms with E-state index in [-0.39, 0.29) is 6.10 Å². The van der Waals surface area contributed by atoms with E-state index in [0.717, 1.165) is 51.7 Å². The molecule has 0 saturated carbocycles. The van der Waals surface area contributed by atoms with Crippen LogP contribution in [0.1, 0.15) is 59.3 Å². The molecule has 0 aromatic rings. The average molecular weight is 289 g/mol. The second-order valence-electron chi connectivity index (χ2n) is 4.95. The molecule has 0 aromatic heterocycles. The highest BCUT2D eigenvalue weighted by atomic mass is 28.4. The van der Waals surface area contributed by atoms with Gasteiger partial charge in [0.25, 0.3) is 0 Å². The first-order chi connectivity index (χ1) is 9.11. The van der Waals surface area contributed by atoms with Gasteiger partial charge in [-0.25, -0.2) is 0 Å². The Labute approximate surface area is 120 Å². The molecule has 19 heavy (non-hydrogen) atoms. The minimum absolute atomic E-state index is 0.0462. The lowest BCUT2D eigenvalue weighted by Crippen LogP contribution is -2.45. The Balaban J connectivity index is 4.38. The first-order valence-electron chi connectivity index (χ1n) is 7.70. The van der Waals surface area contributed by atoms with E-state index in [2.05, 4.69) is 27.4 Å². The molecule has 0 rings (SSSR count). The summed E-state index contributed by atoms with van der Waals surface area (Å²) in [5.74, 6) is 0. The lowest BCUT2D eigenvalue weighted by molar-refractivity contribution is 0.0426. The first-order valence-corrected chi connectivity index (χ1v) is 9.92. The third-order valence-corrected chi connectivity index (χ3v) is 5.11. The SMILES string of the molecule is C=CC(CCC)O[Si](C)(OCCCC)OCCCC. The van der Waals surface area contributed by atoms with Crippen LogP contribution in [0.2, 0.25) is 6.55 Å². The van der Waals surface area contributed by atoms with Crippen LogP contribution in [-0.4, -0.2) is 28.1 Å². The van der Waals surface area contributed by atoms with Gasteiger partial charge in [0.1, 0.15) is 0 Å². The molecule has 0 saturated heterocycles. The Morgan fingerprint density at radius 2 is 1.53 bits per heavy atom. The topological polar surface area (TPSA) is 27.7 Å². The van der Waals surface area contributed by atoms with Gasteiger partial charge >= 0.3 is 8.80 Å². The Morgan fingerprint density at radius 1 is 1.00 bits per heavy atom. The van der Waals surface area contributed by atoms with E-state index in [0.29, 0.717) is 0 Å². The second kappa shape index (κ2) is 11.6. The minimum Gasteiger partial charge on any atom is -0.374 e. The molecule has 114 valence electrons. The van der Waals surface area contributed by atoms with Crippen molar-refractivity contribution in [1.29, 1.82) is 0 Å². The average Bonchev–Trinajstić information content (AvgIpc) is 2.39. The summed E-state index contributed by atoms with van der Waals surface area (Å²) < 4.78 is 18.0. The van der Waals surface area contributed by atoms with Gasteiger partial charge in [-0.05, 0) is 19.3 Å². The lowest BCUT2D eigenvalue weighted by atomic mass is 10.2. The van der Waals surface area contributed by atoms with Crippen molar-refractivity contribution in [2.45, 2.75) is 71.9 Å². The van der Waals surface area contributed by atoms with Crippen molar-refractivity contribution in [3.8, 4) is 0 Å². The molecule has 0 aliphatic rings. The largest absolute Gasteiger partial charge is 0.498 e. The van der Waals surface area contributed by atoms with E-state index in [4.69, 9.17) is 13.3 Å². The third kappa shape index (κ3) is 9.38. The Kier molecular flexibility index (Phi) is 11.5. The molecule has 0 N–H and O–H groups in total. The second-order valence-corrected chi connectivity index (χ2v) is 7.48. The van der Waals surface area contributed by atoms with Crippen LogP contribution in [0, 0.1) is 0 Å². The Morgan fingerprint density at radius 3 is 1.89 bits per heavy atom. The van der Waals surface area contributed by atoms with E-state index < -0.39 is 8.80 Å². The summed E-state index contributed by atoms with van der Waals surface area (Å²) in [5.41, 5.74) is 0. The number of rotatable bonds is 13. The maximum absolute atomic E-state index is 6.10. The molecular formula is C15H32O3Si. The number of hydrogen-bond acceptors (Lipinski definition) is 3. The van der Waals surface area contributed by atoms with Crippen LogP contribution in [0.5, 0.6) is 0 Å². The van der Waals surface area contributed by atoms with Crippen molar-refractivity contribution in [1.82, 2.24) is 0 Å². The van der Waals surface area contributed by atoms with Crippen LogP contribution in [-0.2, 0) is 13.3 Å². The smallest absolute Gasteiger partial charge is 0.374 e. The summed E-state index contributed by atoms with van der Waals surface area (Å²) in [7, 11) is -2.52. The van der Waals surface area contributed by atoms with Crippen molar-refractivity contribution in [2.24, 2.45) is 0 Å². The summed E-state index contributed by atoms with van der Waals surface area (Å²) in [5, 5.41) is 0. The van der Waals surface area contributed by atoms with E-state index in [1.165, 1.54) is 0 Å². The summed E-state index contributed by atoms with van der Waals surface area (Å²) in [4.78, 5) is 0. The van der Waals surface area contributed by atoms with Crippen molar-refractivity contribution in [3.63, 3.8) is 0 Å². The van der Waals surface area contributed by atoms with Gasteiger partial charge < -0.3 is 13.3 Å². The molecule has 0 fully saturated rings. The third-order valence-electron chi connectivity index (χ3n) is 2.93. The van der Waals surface area contributed by atoms with Gasteiger partial charge in [0, 0.05) is 19.8 Å². The van der Waals surface area contributed by atoms with Gasteiger partial charge in [0.2, 0.25) is 0 Å². The predicted octanol–water partition coefficient (Wildman–Crippen LogP) is 4.56. The molecule has 0 spiro atoms. The fraction of sp³-hybridized carbons (Fsp3) is 0.867. The normalized spacial score (nSPS) is 13.5. The van der Waals surface area contributed by atoms with Crippen molar-refractivity contribution < 1.29 is 13.3 Å². The number of unbranched alkanes of at least 4 members (excludes halogenated alkanes) is 2. The van der Waals surface area contributed by atoms with Gasteiger partial charge in [0.15, 0.2) is 0 Å². The highest BCUT2D eigenvalue weighted by Crippen LogP contribution is 2.17. The molecule has 0 heterocycles. The lowest BCUT2D eigenvalue weighted by Gasteiger charge is -2.29. The van der Waals surface area contributed by atoms with Crippen molar-refractivity contribution in [2.75, 3.05) is 13.2 Å².